The van der Waals surface area contributed by atoms with Crippen LogP contribution in [-0.2, 0) is 9.53 Å². The summed E-state index contributed by atoms with van der Waals surface area (Å²) in [5, 5.41) is 5.75. The van der Waals surface area contributed by atoms with Crippen LogP contribution in [0.2, 0.25) is 0 Å². The normalized spacial score (nSPS) is 14.5. The number of nitrogens with one attached hydrogen (secondary N) is 2. The first-order chi connectivity index (χ1) is 14.5. The van der Waals surface area contributed by atoms with E-state index in [1.807, 2.05) is 0 Å². The number of furan rings is 1. The first kappa shape index (κ1) is 21.2. The molecule has 2 aromatic rings. The van der Waals surface area contributed by atoms with Gasteiger partial charge in [0.1, 0.15) is 6.26 Å². The van der Waals surface area contributed by atoms with E-state index in [1.165, 1.54) is 18.6 Å². The molecule has 2 N–H and O–H groups in total. The molecule has 3 rings (SSSR count). The quantitative estimate of drug-likeness (QED) is 0.561. The summed E-state index contributed by atoms with van der Waals surface area (Å²) in [6.45, 7) is 3.25. The van der Waals surface area contributed by atoms with Gasteiger partial charge in [0.2, 0.25) is 0 Å². The average molecular weight is 411 g/mol. The number of rotatable bonds is 6. The zero-order valence-corrected chi connectivity index (χ0v) is 16.8. The molecule has 0 unspecified atom stereocenters. The maximum atomic E-state index is 12.3. The highest BCUT2D eigenvalue weighted by Gasteiger charge is 2.25. The lowest BCUT2D eigenvalue weighted by Gasteiger charge is -2.32. The van der Waals surface area contributed by atoms with Gasteiger partial charge < -0.3 is 24.7 Å². The Balaban J connectivity index is 1.42. The van der Waals surface area contributed by atoms with Gasteiger partial charge in [0.15, 0.2) is 0 Å². The average Bonchev–Trinajstić information content (AvgIpc) is 3.28. The minimum Gasteiger partial charge on any atom is -0.472 e. The van der Waals surface area contributed by atoms with E-state index < -0.39 is 5.97 Å². The summed E-state index contributed by atoms with van der Waals surface area (Å²) in [5.41, 5.74) is 2.01. The number of benzene rings is 1. The number of nitrogens with zero attached hydrogens (tertiary/aromatic N) is 1. The molecule has 1 aliphatic heterocycles. The van der Waals surface area contributed by atoms with Crippen LogP contribution in [-0.4, -0.2) is 48.5 Å². The van der Waals surface area contributed by atoms with E-state index in [4.69, 9.17) is 9.15 Å². The van der Waals surface area contributed by atoms with E-state index >= 15 is 0 Å². The molecule has 3 amide bonds. The first-order valence-corrected chi connectivity index (χ1v) is 9.89. The molecule has 1 aromatic carbocycles. The van der Waals surface area contributed by atoms with Crippen molar-refractivity contribution in [3.63, 3.8) is 0 Å². The summed E-state index contributed by atoms with van der Waals surface area (Å²) in [6.07, 6.45) is 7.32. The highest BCUT2D eigenvalue weighted by Crippen LogP contribution is 2.15. The maximum absolute atomic E-state index is 12.3. The van der Waals surface area contributed by atoms with Crippen LogP contribution in [0.25, 0.3) is 6.08 Å². The minimum absolute atomic E-state index is 0.00480. The highest BCUT2D eigenvalue weighted by molar-refractivity contribution is 5.94. The molecule has 8 nitrogen and oxygen atoms in total. The van der Waals surface area contributed by atoms with Crippen molar-refractivity contribution in [1.29, 1.82) is 0 Å². The summed E-state index contributed by atoms with van der Waals surface area (Å²) in [5.74, 6) is -0.444. The summed E-state index contributed by atoms with van der Waals surface area (Å²) >= 11 is 0. The zero-order chi connectivity index (χ0) is 21.3. The summed E-state index contributed by atoms with van der Waals surface area (Å²) in [7, 11) is 0. The molecule has 30 heavy (non-hydrogen) atoms. The van der Waals surface area contributed by atoms with E-state index in [-0.39, 0.29) is 18.0 Å². The fraction of sp³-hybridized carbons (Fsp3) is 0.318. The van der Waals surface area contributed by atoms with E-state index in [0.717, 1.165) is 5.56 Å². The second kappa shape index (κ2) is 10.3. The predicted molar refractivity (Wildman–Crippen MR) is 112 cm³/mol. The van der Waals surface area contributed by atoms with Crippen molar-refractivity contribution in [1.82, 2.24) is 10.2 Å². The summed E-state index contributed by atoms with van der Waals surface area (Å²) in [4.78, 5) is 37.7. The van der Waals surface area contributed by atoms with Gasteiger partial charge in [-0.1, -0.05) is 12.1 Å². The Morgan fingerprint density at radius 1 is 1.17 bits per heavy atom. The van der Waals surface area contributed by atoms with Crippen LogP contribution in [0.3, 0.4) is 0 Å². The van der Waals surface area contributed by atoms with Crippen molar-refractivity contribution in [3.8, 4) is 0 Å². The molecule has 158 valence electrons. The lowest BCUT2D eigenvalue weighted by Crippen LogP contribution is -2.47. The second-order valence-corrected chi connectivity index (χ2v) is 6.88. The molecule has 0 atom stereocenters. The lowest BCUT2D eigenvalue weighted by atomic mass is 10.0. The molecule has 0 saturated carbocycles. The molecular formula is C22H25N3O5. The Morgan fingerprint density at radius 2 is 1.90 bits per heavy atom. The Bertz CT molecular complexity index is 882. The van der Waals surface area contributed by atoms with Crippen LogP contribution in [0.5, 0.6) is 0 Å². The van der Waals surface area contributed by atoms with Crippen molar-refractivity contribution in [2.24, 2.45) is 0 Å². The number of amides is 3. The second-order valence-electron chi connectivity index (χ2n) is 6.88. The van der Waals surface area contributed by atoms with Crippen LogP contribution < -0.4 is 10.6 Å². The fourth-order valence-electron chi connectivity index (χ4n) is 3.18. The highest BCUT2D eigenvalue weighted by atomic mass is 16.5. The van der Waals surface area contributed by atoms with Gasteiger partial charge in [-0.2, -0.15) is 0 Å². The molecule has 1 saturated heterocycles. The lowest BCUT2D eigenvalue weighted by molar-refractivity contribution is -0.137. The number of carbonyl (C=O) groups is 3. The SMILES string of the molecule is CCOC(=O)/C=C\c1ccc(NC(=O)NC2CCN(C(=O)c3ccoc3)CC2)cc1. The number of likely N-dealkylation sites (tertiary alicyclic amines) is 1. The van der Waals surface area contributed by atoms with Gasteiger partial charge in [-0.25, -0.2) is 9.59 Å². The molecule has 1 aliphatic rings. The molecule has 1 aromatic heterocycles. The molecule has 1 fully saturated rings. The van der Waals surface area contributed by atoms with Crippen molar-refractivity contribution in [2.45, 2.75) is 25.8 Å². The summed E-state index contributed by atoms with van der Waals surface area (Å²) < 4.78 is 9.79. The number of hydrogen-bond acceptors (Lipinski definition) is 5. The fourth-order valence-corrected chi connectivity index (χ4v) is 3.18. The van der Waals surface area contributed by atoms with Gasteiger partial charge in [-0.05, 0) is 49.6 Å². The number of anilines is 1. The number of urea groups is 1. The molecule has 0 spiro atoms. The van der Waals surface area contributed by atoms with Crippen LogP contribution in [0, 0.1) is 0 Å². The summed E-state index contributed by atoms with van der Waals surface area (Å²) in [6, 6.07) is 8.48. The topological polar surface area (TPSA) is 101 Å². The molecule has 0 aliphatic carbocycles. The van der Waals surface area contributed by atoms with Gasteiger partial charge in [0.25, 0.3) is 5.91 Å². The largest absolute Gasteiger partial charge is 0.472 e. The molecule has 0 bridgehead atoms. The van der Waals surface area contributed by atoms with Crippen molar-refractivity contribution in [3.05, 3.63) is 60.1 Å². The number of ether oxygens (including phenoxy) is 1. The van der Waals surface area contributed by atoms with Crippen molar-refractivity contribution >= 4 is 29.7 Å². The zero-order valence-electron chi connectivity index (χ0n) is 16.8. The van der Waals surface area contributed by atoms with Crippen LogP contribution in [0.15, 0.2) is 53.4 Å². The standard InChI is InChI=1S/C22H25N3O5/c1-2-30-20(26)8-5-16-3-6-18(7-4-16)23-22(28)24-19-9-12-25(13-10-19)21(27)17-11-14-29-15-17/h3-8,11,14-15,19H,2,9-10,12-13H2,1H3,(H2,23,24,28)/b8-5-. The molecule has 8 heteroatoms. The third-order valence-electron chi connectivity index (χ3n) is 4.75. The Morgan fingerprint density at radius 3 is 2.53 bits per heavy atom. The van der Waals surface area contributed by atoms with Gasteiger partial charge in [-0.3, -0.25) is 4.79 Å². The molecular weight excluding hydrogens is 386 g/mol. The van der Waals surface area contributed by atoms with Crippen LogP contribution in [0.1, 0.15) is 35.7 Å². The van der Waals surface area contributed by atoms with Crippen molar-refractivity contribution < 1.29 is 23.5 Å². The van der Waals surface area contributed by atoms with Gasteiger partial charge in [0.05, 0.1) is 18.4 Å². The number of hydrogen-bond donors (Lipinski definition) is 2. The third-order valence-corrected chi connectivity index (χ3v) is 4.75. The van der Waals surface area contributed by atoms with Crippen molar-refractivity contribution in [2.75, 3.05) is 25.0 Å². The minimum atomic E-state index is -0.392. The molecule has 0 radical (unpaired) electrons. The van der Waals surface area contributed by atoms with E-state index in [1.54, 1.807) is 48.2 Å². The van der Waals surface area contributed by atoms with E-state index in [0.29, 0.717) is 43.8 Å². The van der Waals surface area contributed by atoms with Gasteiger partial charge in [0, 0.05) is 30.9 Å². The Hall–Kier alpha value is -3.55. The van der Waals surface area contributed by atoms with Crippen LogP contribution in [0.4, 0.5) is 10.5 Å². The number of carbonyl (C=O) groups excluding carboxylic acids is 3. The first-order valence-electron chi connectivity index (χ1n) is 9.89. The third kappa shape index (κ3) is 5.97. The predicted octanol–water partition coefficient (Wildman–Crippen LogP) is 3.28. The van der Waals surface area contributed by atoms with Crippen LogP contribution >= 0.6 is 0 Å². The number of piperidine rings is 1. The van der Waals surface area contributed by atoms with Gasteiger partial charge in [-0.15, -0.1) is 0 Å². The monoisotopic (exact) mass is 411 g/mol. The molecule has 2 heterocycles. The van der Waals surface area contributed by atoms with E-state index in [2.05, 4.69) is 10.6 Å². The van der Waals surface area contributed by atoms with Gasteiger partial charge >= 0.3 is 12.0 Å². The van der Waals surface area contributed by atoms with E-state index in [9.17, 15) is 14.4 Å². The Labute approximate surface area is 174 Å². The number of esters is 1. The maximum Gasteiger partial charge on any atom is 0.330 e. The Kier molecular flexibility index (Phi) is 7.26. The smallest absolute Gasteiger partial charge is 0.330 e.